The first kappa shape index (κ1) is 16.7. The molecule has 3 heteroatoms. The molecule has 1 aliphatic rings. The minimum Gasteiger partial charge on any atom is -0.348 e. The Kier molecular flexibility index (Phi) is 5.31. The van der Waals surface area contributed by atoms with Gasteiger partial charge < -0.3 is 5.32 Å². The van der Waals surface area contributed by atoms with Gasteiger partial charge in [-0.25, -0.2) is 0 Å². The third-order valence-corrected chi connectivity index (χ3v) is 4.84. The van der Waals surface area contributed by atoms with Crippen LogP contribution in [0.5, 0.6) is 0 Å². The molecule has 0 saturated heterocycles. The highest BCUT2D eigenvalue weighted by Gasteiger charge is 2.19. The Hall–Kier alpha value is -2.13. The Bertz CT molecular complexity index is 693. The van der Waals surface area contributed by atoms with Gasteiger partial charge in [0.25, 0.3) is 0 Å². The van der Waals surface area contributed by atoms with Crippen molar-refractivity contribution < 1.29 is 4.79 Å². The fourth-order valence-electron chi connectivity index (χ4n) is 3.30. The summed E-state index contributed by atoms with van der Waals surface area (Å²) < 4.78 is 0. The van der Waals surface area contributed by atoms with Gasteiger partial charge in [0.1, 0.15) is 0 Å². The van der Waals surface area contributed by atoms with Gasteiger partial charge in [0.2, 0.25) is 5.91 Å². The Balaban J connectivity index is 1.54. The summed E-state index contributed by atoms with van der Waals surface area (Å²) in [5.74, 6) is 0.0986. The molecule has 1 atom stereocenters. The number of hydrogen-bond donors (Lipinski definition) is 1. The lowest BCUT2D eigenvalue weighted by Crippen LogP contribution is -2.40. The second-order valence-corrected chi connectivity index (χ2v) is 6.61. The van der Waals surface area contributed by atoms with Crippen LogP contribution in [-0.2, 0) is 24.2 Å². The van der Waals surface area contributed by atoms with E-state index in [9.17, 15) is 4.79 Å². The van der Waals surface area contributed by atoms with Gasteiger partial charge in [-0.1, -0.05) is 55.5 Å². The number of amides is 1. The van der Waals surface area contributed by atoms with Gasteiger partial charge >= 0.3 is 0 Å². The quantitative estimate of drug-likeness (QED) is 0.914. The second-order valence-electron chi connectivity index (χ2n) is 6.61. The van der Waals surface area contributed by atoms with Gasteiger partial charge in [0.05, 0.1) is 12.6 Å². The van der Waals surface area contributed by atoms with Crippen molar-refractivity contribution in [2.45, 2.75) is 39.3 Å². The van der Waals surface area contributed by atoms with Crippen molar-refractivity contribution in [3.8, 4) is 0 Å². The lowest BCUT2D eigenvalue weighted by molar-refractivity contribution is -0.123. The molecule has 126 valence electrons. The SMILES string of the molecule is CCc1ccc([C@H](C)NC(=O)CN2CCc3ccccc3C2)cc1. The van der Waals surface area contributed by atoms with Crippen molar-refractivity contribution in [2.75, 3.05) is 13.1 Å². The van der Waals surface area contributed by atoms with Crippen molar-refractivity contribution >= 4 is 5.91 Å². The number of nitrogens with one attached hydrogen (secondary N) is 1. The zero-order valence-electron chi connectivity index (χ0n) is 14.6. The van der Waals surface area contributed by atoms with Gasteiger partial charge in [-0.05, 0) is 42.0 Å². The van der Waals surface area contributed by atoms with E-state index < -0.39 is 0 Å². The van der Waals surface area contributed by atoms with Crippen LogP contribution in [0.3, 0.4) is 0 Å². The van der Waals surface area contributed by atoms with Crippen LogP contribution in [0.1, 0.15) is 42.1 Å². The second kappa shape index (κ2) is 7.63. The number of hydrogen-bond acceptors (Lipinski definition) is 2. The molecular formula is C21H26N2O. The fraction of sp³-hybridized carbons (Fsp3) is 0.381. The zero-order valence-corrected chi connectivity index (χ0v) is 14.6. The predicted octanol–water partition coefficient (Wildman–Crippen LogP) is 3.48. The molecule has 2 aromatic rings. The van der Waals surface area contributed by atoms with E-state index in [-0.39, 0.29) is 11.9 Å². The molecule has 1 heterocycles. The third kappa shape index (κ3) is 4.04. The smallest absolute Gasteiger partial charge is 0.234 e. The van der Waals surface area contributed by atoms with E-state index in [0.717, 1.165) is 31.5 Å². The van der Waals surface area contributed by atoms with E-state index in [1.807, 2.05) is 6.92 Å². The van der Waals surface area contributed by atoms with Crippen LogP contribution in [0.25, 0.3) is 0 Å². The van der Waals surface area contributed by atoms with E-state index in [1.54, 1.807) is 0 Å². The van der Waals surface area contributed by atoms with E-state index >= 15 is 0 Å². The molecule has 3 rings (SSSR count). The summed E-state index contributed by atoms with van der Waals surface area (Å²) >= 11 is 0. The van der Waals surface area contributed by atoms with Crippen LogP contribution in [0.15, 0.2) is 48.5 Å². The molecule has 0 aliphatic carbocycles. The lowest BCUT2D eigenvalue weighted by atomic mass is 10.00. The van der Waals surface area contributed by atoms with E-state index in [2.05, 4.69) is 65.7 Å². The fourth-order valence-corrected chi connectivity index (χ4v) is 3.30. The van der Waals surface area contributed by atoms with Crippen molar-refractivity contribution in [1.29, 1.82) is 0 Å². The number of carbonyl (C=O) groups excluding carboxylic acids is 1. The summed E-state index contributed by atoms with van der Waals surface area (Å²) in [6, 6.07) is 17.1. The van der Waals surface area contributed by atoms with Gasteiger partial charge in [-0.3, -0.25) is 9.69 Å². The summed E-state index contributed by atoms with van der Waals surface area (Å²) in [6.07, 6.45) is 2.06. The van der Waals surface area contributed by atoms with E-state index in [1.165, 1.54) is 16.7 Å². The number of fused-ring (bicyclic) bond motifs is 1. The van der Waals surface area contributed by atoms with Crippen LogP contribution < -0.4 is 5.32 Å². The molecule has 1 aliphatic heterocycles. The van der Waals surface area contributed by atoms with Crippen molar-refractivity contribution in [3.05, 3.63) is 70.8 Å². The Morgan fingerprint density at radius 2 is 1.83 bits per heavy atom. The number of carbonyl (C=O) groups is 1. The van der Waals surface area contributed by atoms with Gasteiger partial charge in [-0.2, -0.15) is 0 Å². The van der Waals surface area contributed by atoms with Crippen LogP contribution in [0.2, 0.25) is 0 Å². The number of benzene rings is 2. The maximum absolute atomic E-state index is 12.4. The first-order chi connectivity index (χ1) is 11.7. The summed E-state index contributed by atoms with van der Waals surface area (Å²) in [5.41, 5.74) is 5.24. The molecule has 0 bridgehead atoms. The molecule has 24 heavy (non-hydrogen) atoms. The summed E-state index contributed by atoms with van der Waals surface area (Å²) in [6.45, 7) is 6.47. The first-order valence-electron chi connectivity index (χ1n) is 8.83. The van der Waals surface area contributed by atoms with Gasteiger partial charge in [0, 0.05) is 13.1 Å². The molecule has 3 nitrogen and oxygen atoms in total. The van der Waals surface area contributed by atoms with E-state index in [0.29, 0.717) is 6.54 Å². The minimum atomic E-state index is 0.0421. The molecule has 1 N–H and O–H groups in total. The zero-order chi connectivity index (χ0) is 16.9. The minimum absolute atomic E-state index is 0.0421. The highest BCUT2D eigenvalue weighted by Crippen LogP contribution is 2.18. The average Bonchev–Trinajstić information content (AvgIpc) is 2.61. The van der Waals surface area contributed by atoms with Crippen LogP contribution in [-0.4, -0.2) is 23.9 Å². The molecule has 0 aromatic heterocycles. The van der Waals surface area contributed by atoms with Gasteiger partial charge in [-0.15, -0.1) is 0 Å². The van der Waals surface area contributed by atoms with Crippen molar-refractivity contribution in [2.24, 2.45) is 0 Å². The largest absolute Gasteiger partial charge is 0.348 e. The Labute approximate surface area is 144 Å². The van der Waals surface area contributed by atoms with E-state index in [4.69, 9.17) is 0 Å². The standard InChI is InChI=1S/C21H26N2O/c1-3-17-8-10-18(11-9-17)16(2)22-21(24)15-23-13-12-19-6-4-5-7-20(19)14-23/h4-11,16H,3,12-15H2,1-2H3,(H,22,24)/t16-/m0/s1. The highest BCUT2D eigenvalue weighted by molar-refractivity contribution is 5.78. The number of aryl methyl sites for hydroxylation is 1. The molecular weight excluding hydrogens is 296 g/mol. The predicted molar refractivity (Wildman–Crippen MR) is 97.8 cm³/mol. The molecule has 0 fully saturated rings. The molecule has 0 spiro atoms. The van der Waals surface area contributed by atoms with Crippen LogP contribution >= 0.6 is 0 Å². The normalized spacial score (nSPS) is 15.6. The Morgan fingerprint density at radius 3 is 2.54 bits per heavy atom. The van der Waals surface area contributed by atoms with Crippen LogP contribution in [0.4, 0.5) is 0 Å². The number of nitrogens with zero attached hydrogens (tertiary/aromatic N) is 1. The summed E-state index contributed by atoms with van der Waals surface area (Å²) in [4.78, 5) is 14.6. The topological polar surface area (TPSA) is 32.3 Å². The lowest BCUT2D eigenvalue weighted by Gasteiger charge is -2.28. The monoisotopic (exact) mass is 322 g/mol. The number of rotatable bonds is 5. The third-order valence-electron chi connectivity index (χ3n) is 4.84. The molecule has 2 aromatic carbocycles. The van der Waals surface area contributed by atoms with Gasteiger partial charge in [0.15, 0.2) is 0 Å². The molecule has 0 unspecified atom stereocenters. The summed E-state index contributed by atoms with van der Waals surface area (Å²) in [5, 5.41) is 3.12. The maximum atomic E-state index is 12.4. The molecule has 1 amide bonds. The molecule has 0 saturated carbocycles. The van der Waals surface area contributed by atoms with Crippen LogP contribution in [0, 0.1) is 0 Å². The first-order valence-corrected chi connectivity index (χ1v) is 8.83. The van der Waals surface area contributed by atoms with Crippen molar-refractivity contribution in [3.63, 3.8) is 0 Å². The summed E-state index contributed by atoms with van der Waals surface area (Å²) in [7, 11) is 0. The van der Waals surface area contributed by atoms with Crippen molar-refractivity contribution in [1.82, 2.24) is 10.2 Å². The Morgan fingerprint density at radius 1 is 1.12 bits per heavy atom. The maximum Gasteiger partial charge on any atom is 0.234 e. The molecule has 0 radical (unpaired) electrons. The average molecular weight is 322 g/mol. The highest BCUT2D eigenvalue weighted by atomic mass is 16.2.